The Morgan fingerprint density at radius 2 is 1.86 bits per heavy atom. The maximum atomic E-state index is 12.6. The van der Waals surface area contributed by atoms with Crippen LogP contribution in [0.15, 0.2) is 24.3 Å². The van der Waals surface area contributed by atoms with Crippen molar-refractivity contribution in [3.8, 4) is 0 Å². The Morgan fingerprint density at radius 1 is 1.14 bits per heavy atom. The maximum Gasteiger partial charge on any atom is 0.254 e. The molecule has 0 spiro atoms. The van der Waals surface area contributed by atoms with E-state index in [1.807, 2.05) is 23.1 Å². The van der Waals surface area contributed by atoms with Crippen LogP contribution in [-0.4, -0.2) is 47.9 Å². The van der Waals surface area contributed by atoms with Gasteiger partial charge in [-0.25, -0.2) is 0 Å². The first kappa shape index (κ1) is 19.1. The number of rotatable bonds is 3. The highest BCUT2D eigenvalue weighted by molar-refractivity contribution is 5.95. The SMILES string of the molecule is Cl.Cl.Nc1cccc(C(=O)N2CCCC2CN2CCCC2)c1. The van der Waals surface area contributed by atoms with Gasteiger partial charge in [-0.05, 0) is 57.0 Å². The minimum Gasteiger partial charge on any atom is -0.399 e. The van der Waals surface area contributed by atoms with Crippen molar-refractivity contribution in [1.29, 1.82) is 0 Å². The van der Waals surface area contributed by atoms with Crippen LogP contribution in [0.4, 0.5) is 5.69 Å². The predicted octanol–water partition coefficient (Wildman–Crippen LogP) is 2.81. The summed E-state index contributed by atoms with van der Waals surface area (Å²) in [7, 11) is 0. The normalized spacial score (nSPS) is 21.3. The van der Waals surface area contributed by atoms with Crippen molar-refractivity contribution in [2.45, 2.75) is 31.7 Å². The summed E-state index contributed by atoms with van der Waals surface area (Å²) in [6, 6.07) is 7.70. The first-order chi connectivity index (χ1) is 9.74. The van der Waals surface area contributed by atoms with Crippen molar-refractivity contribution in [3.63, 3.8) is 0 Å². The van der Waals surface area contributed by atoms with E-state index in [9.17, 15) is 4.79 Å². The molecule has 2 fully saturated rings. The number of halogens is 2. The second-order valence-corrected chi connectivity index (χ2v) is 5.93. The largest absolute Gasteiger partial charge is 0.399 e. The molecule has 2 N–H and O–H groups in total. The highest BCUT2D eigenvalue weighted by Crippen LogP contribution is 2.23. The van der Waals surface area contributed by atoms with E-state index < -0.39 is 0 Å². The zero-order valence-electron chi connectivity index (χ0n) is 12.7. The Bertz CT molecular complexity index is 492. The minimum absolute atomic E-state index is 0. The van der Waals surface area contributed by atoms with Gasteiger partial charge in [-0.1, -0.05) is 6.07 Å². The van der Waals surface area contributed by atoms with Gasteiger partial charge in [0.05, 0.1) is 0 Å². The Balaban J connectivity index is 0.00000121. The average Bonchev–Trinajstić information content (AvgIpc) is 3.10. The van der Waals surface area contributed by atoms with Crippen LogP contribution >= 0.6 is 24.8 Å². The fraction of sp³-hybridized carbons (Fsp3) is 0.562. The topological polar surface area (TPSA) is 49.6 Å². The third-order valence-electron chi connectivity index (χ3n) is 4.44. The van der Waals surface area contributed by atoms with E-state index in [-0.39, 0.29) is 30.7 Å². The van der Waals surface area contributed by atoms with E-state index in [0.29, 0.717) is 11.7 Å². The van der Waals surface area contributed by atoms with Gasteiger partial charge in [-0.2, -0.15) is 0 Å². The number of nitrogens with two attached hydrogens (primary N) is 1. The molecule has 0 aliphatic carbocycles. The Hall–Kier alpha value is -0.970. The number of amides is 1. The summed E-state index contributed by atoms with van der Waals surface area (Å²) < 4.78 is 0. The van der Waals surface area contributed by atoms with E-state index >= 15 is 0 Å². The van der Waals surface area contributed by atoms with Crippen molar-refractivity contribution in [2.75, 3.05) is 31.9 Å². The first-order valence-electron chi connectivity index (χ1n) is 7.63. The van der Waals surface area contributed by atoms with E-state index in [1.54, 1.807) is 6.07 Å². The molecule has 4 nitrogen and oxygen atoms in total. The second kappa shape index (κ2) is 8.61. The molecule has 2 saturated heterocycles. The number of anilines is 1. The summed E-state index contributed by atoms with van der Waals surface area (Å²) in [5, 5.41) is 0. The standard InChI is InChI=1S/C16H23N3O.2ClH/c17-14-6-3-5-13(11-14)16(20)19-10-4-7-15(19)12-18-8-1-2-9-18;;/h3,5-6,11,15H,1-2,4,7-10,12,17H2;2*1H. The van der Waals surface area contributed by atoms with E-state index in [1.165, 1.54) is 25.9 Å². The fourth-order valence-electron chi connectivity index (χ4n) is 3.39. The molecule has 1 aromatic carbocycles. The van der Waals surface area contributed by atoms with E-state index in [4.69, 9.17) is 5.73 Å². The molecule has 3 rings (SSSR count). The lowest BCUT2D eigenvalue weighted by molar-refractivity contribution is 0.0709. The van der Waals surface area contributed by atoms with Crippen molar-refractivity contribution >= 4 is 36.4 Å². The van der Waals surface area contributed by atoms with Crippen LogP contribution in [0.2, 0.25) is 0 Å². The summed E-state index contributed by atoms with van der Waals surface area (Å²) in [5.74, 6) is 0.138. The molecular formula is C16H25Cl2N3O. The molecule has 124 valence electrons. The third kappa shape index (κ3) is 4.28. The zero-order chi connectivity index (χ0) is 13.9. The molecule has 22 heavy (non-hydrogen) atoms. The maximum absolute atomic E-state index is 12.6. The van der Waals surface area contributed by atoms with Crippen LogP contribution in [0.25, 0.3) is 0 Å². The zero-order valence-corrected chi connectivity index (χ0v) is 14.4. The van der Waals surface area contributed by atoms with Crippen molar-refractivity contribution in [2.24, 2.45) is 0 Å². The number of likely N-dealkylation sites (tertiary alicyclic amines) is 2. The number of nitrogen functional groups attached to an aromatic ring is 1. The molecule has 0 radical (unpaired) electrons. The molecule has 0 saturated carbocycles. The minimum atomic E-state index is 0. The predicted molar refractivity (Wildman–Crippen MR) is 95.1 cm³/mol. The van der Waals surface area contributed by atoms with E-state index in [2.05, 4.69) is 4.90 Å². The van der Waals surface area contributed by atoms with Crippen LogP contribution in [0.5, 0.6) is 0 Å². The van der Waals surface area contributed by atoms with Crippen LogP contribution in [0.3, 0.4) is 0 Å². The van der Waals surface area contributed by atoms with Crippen LogP contribution in [0.1, 0.15) is 36.0 Å². The highest BCUT2D eigenvalue weighted by atomic mass is 35.5. The number of benzene rings is 1. The number of nitrogens with zero attached hydrogens (tertiary/aromatic N) is 2. The van der Waals surface area contributed by atoms with E-state index in [0.717, 1.165) is 31.5 Å². The molecule has 0 aromatic heterocycles. The number of carbonyl (C=O) groups is 1. The molecule has 6 heteroatoms. The van der Waals surface area contributed by atoms with Crippen LogP contribution < -0.4 is 5.73 Å². The Morgan fingerprint density at radius 3 is 2.55 bits per heavy atom. The molecule has 0 bridgehead atoms. The molecule has 1 atom stereocenters. The molecule has 1 amide bonds. The van der Waals surface area contributed by atoms with Gasteiger partial charge in [0.15, 0.2) is 0 Å². The lowest BCUT2D eigenvalue weighted by atomic mass is 10.1. The van der Waals surface area contributed by atoms with Crippen molar-refractivity contribution in [1.82, 2.24) is 9.80 Å². The lowest BCUT2D eigenvalue weighted by Crippen LogP contribution is -2.42. The smallest absolute Gasteiger partial charge is 0.254 e. The molecule has 1 aromatic rings. The molecule has 2 aliphatic heterocycles. The van der Waals surface area contributed by atoms with Gasteiger partial charge in [0.1, 0.15) is 0 Å². The Kier molecular flexibility index (Phi) is 7.46. The van der Waals surface area contributed by atoms with Gasteiger partial charge < -0.3 is 15.5 Å². The summed E-state index contributed by atoms with van der Waals surface area (Å²) in [5.41, 5.74) is 7.16. The molecular weight excluding hydrogens is 321 g/mol. The van der Waals surface area contributed by atoms with Gasteiger partial charge in [0.25, 0.3) is 5.91 Å². The number of hydrogen-bond donors (Lipinski definition) is 1. The molecule has 2 heterocycles. The van der Waals surface area contributed by atoms with Gasteiger partial charge in [-0.15, -0.1) is 24.8 Å². The lowest BCUT2D eigenvalue weighted by Gasteiger charge is -2.28. The van der Waals surface area contributed by atoms with Crippen molar-refractivity contribution < 1.29 is 4.79 Å². The van der Waals surface area contributed by atoms with Gasteiger partial charge >= 0.3 is 0 Å². The quantitative estimate of drug-likeness (QED) is 0.857. The summed E-state index contributed by atoms with van der Waals surface area (Å²) >= 11 is 0. The van der Waals surface area contributed by atoms with Gasteiger partial charge in [0.2, 0.25) is 0 Å². The monoisotopic (exact) mass is 345 g/mol. The van der Waals surface area contributed by atoms with Crippen molar-refractivity contribution in [3.05, 3.63) is 29.8 Å². The number of carbonyl (C=O) groups excluding carboxylic acids is 1. The Labute approximate surface area is 144 Å². The number of hydrogen-bond acceptors (Lipinski definition) is 3. The highest BCUT2D eigenvalue weighted by Gasteiger charge is 2.31. The average molecular weight is 346 g/mol. The van der Waals surface area contributed by atoms with Crippen LogP contribution in [-0.2, 0) is 0 Å². The second-order valence-electron chi connectivity index (χ2n) is 5.93. The molecule has 2 aliphatic rings. The fourth-order valence-corrected chi connectivity index (χ4v) is 3.39. The summed E-state index contributed by atoms with van der Waals surface area (Å²) in [6.07, 6.45) is 4.85. The van der Waals surface area contributed by atoms with Crippen LogP contribution in [0, 0.1) is 0 Å². The van der Waals surface area contributed by atoms with Gasteiger partial charge in [0, 0.05) is 30.4 Å². The summed E-state index contributed by atoms with van der Waals surface area (Å²) in [6.45, 7) is 4.30. The molecule has 1 unspecified atom stereocenters. The first-order valence-corrected chi connectivity index (χ1v) is 7.63. The van der Waals surface area contributed by atoms with Gasteiger partial charge in [-0.3, -0.25) is 4.79 Å². The third-order valence-corrected chi connectivity index (χ3v) is 4.44. The summed E-state index contributed by atoms with van der Waals surface area (Å²) in [4.78, 5) is 17.2.